The third kappa shape index (κ3) is 4.23. The monoisotopic (exact) mass is 742 g/mol. The summed E-state index contributed by atoms with van der Waals surface area (Å²) in [6.07, 6.45) is 6.57. The quantitative estimate of drug-likeness (QED) is 0.195. The van der Waals surface area contributed by atoms with E-state index in [1.54, 1.807) is 0 Å². The van der Waals surface area contributed by atoms with Gasteiger partial charge in [-0.3, -0.25) is 13.7 Å². The van der Waals surface area contributed by atoms with E-state index in [4.69, 9.17) is 4.98 Å². The minimum absolute atomic E-state index is 0.102. The number of allylic oxidation sites excluding steroid dienone is 2. The minimum Gasteiger partial charge on any atom is -0.347 e. The fourth-order valence-electron chi connectivity index (χ4n) is 9.88. The van der Waals surface area contributed by atoms with Crippen molar-refractivity contribution in [1.29, 1.82) is 0 Å². The number of dihydropyridines is 1. The SMILES string of the molecule is C1=CC(n2c3ccccc3c3ccccc32)NC(n2c3ccccc3c3ccc4c(c5ccccc5n4-c4cccc(-n5c6ccccc6c6ccccc65)n4)c32)=C1. The summed E-state index contributed by atoms with van der Waals surface area (Å²) in [6.45, 7) is 0. The van der Waals surface area contributed by atoms with Gasteiger partial charge in [-0.25, -0.2) is 4.98 Å². The Morgan fingerprint density at radius 3 is 1.41 bits per heavy atom. The fraction of sp³-hybridized carbons (Fsp3) is 0.0192. The van der Waals surface area contributed by atoms with Crippen molar-refractivity contribution in [3.63, 3.8) is 0 Å². The number of hydrogen-bond donors (Lipinski definition) is 1. The molecule has 13 rings (SSSR count). The number of fused-ring (bicyclic) bond motifs is 13. The maximum Gasteiger partial charge on any atom is 0.140 e. The van der Waals surface area contributed by atoms with Crippen LogP contribution in [0, 0.1) is 0 Å². The summed E-state index contributed by atoms with van der Waals surface area (Å²) in [5.74, 6) is 2.78. The molecule has 12 aromatic rings. The van der Waals surface area contributed by atoms with E-state index in [-0.39, 0.29) is 6.17 Å². The van der Waals surface area contributed by atoms with E-state index in [1.807, 2.05) is 0 Å². The van der Waals surface area contributed by atoms with Gasteiger partial charge in [0.05, 0.1) is 44.1 Å². The summed E-state index contributed by atoms with van der Waals surface area (Å²) in [5.41, 5.74) is 9.24. The predicted octanol–water partition coefficient (Wildman–Crippen LogP) is 12.6. The summed E-state index contributed by atoms with van der Waals surface area (Å²) in [6, 6.07) is 63.2. The van der Waals surface area contributed by atoms with E-state index in [1.165, 1.54) is 59.6 Å². The highest BCUT2D eigenvalue weighted by Gasteiger charge is 2.25. The third-order valence-electron chi connectivity index (χ3n) is 12.2. The molecule has 0 bridgehead atoms. The molecule has 272 valence electrons. The first-order valence-corrected chi connectivity index (χ1v) is 19.9. The Bertz CT molecular complexity index is 3630. The van der Waals surface area contributed by atoms with Gasteiger partial charge in [-0.1, -0.05) is 127 Å². The van der Waals surface area contributed by atoms with Crippen LogP contribution in [0.3, 0.4) is 0 Å². The van der Waals surface area contributed by atoms with Gasteiger partial charge >= 0.3 is 0 Å². The van der Waals surface area contributed by atoms with Gasteiger partial charge in [0.1, 0.15) is 23.6 Å². The van der Waals surface area contributed by atoms with Gasteiger partial charge in [0.2, 0.25) is 0 Å². The number of benzene rings is 7. The first-order chi connectivity index (χ1) is 28.8. The van der Waals surface area contributed by atoms with Crippen molar-refractivity contribution in [3.8, 4) is 11.6 Å². The molecule has 0 radical (unpaired) electrons. The largest absolute Gasteiger partial charge is 0.347 e. The smallest absolute Gasteiger partial charge is 0.140 e. The number of rotatable bonds is 4. The molecule has 6 nitrogen and oxygen atoms in total. The van der Waals surface area contributed by atoms with Crippen LogP contribution in [0.4, 0.5) is 0 Å². The Morgan fingerprint density at radius 2 is 0.828 bits per heavy atom. The molecule has 0 spiro atoms. The molecule has 0 aliphatic carbocycles. The van der Waals surface area contributed by atoms with Crippen LogP contribution in [0.1, 0.15) is 6.17 Å². The molecular formula is C52H34N6. The highest BCUT2D eigenvalue weighted by molar-refractivity contribution is 6.26. The van der Waals surface area contributed by atoms with Crippen molar-refractivity contribution in [2.45, 2.75) is 6.17 Å². The molecule has 1 N–H and O–H groups in total. The Hall–Kier alpha value is -7.83. The van der Waals surface area contributed by atoms with Crippen LogP contribution in [-0.4, -0.2) is 23.3 Å². The Balaban J connectivity index is 1.05. The predicted molar refractivity (Wildman–Crippen MR) is 241 cm³/mol. The molecule has 0 fully saturated rings. The Labute approximate surface area is 332 Å². The number of nitrogens with one attached hydrogen (secondary N) is 1. The molecule has 7 aromatic carbocycles. The minimum atomic E-state index is -0.102. The second-order valence-electron chi connectivity index (χ2n) is 15.2. The van der Waals surface area contributed by atoms with Crippen LogP contribution < -0.4 is 5.32 Å². The van der Waals surface area contributed by atoms with Gasteiger partial charge in [-0.15, -0.1) is 0 Å². The lowest BCUT2D eigenvalue weighted by atomic mass is 10.1. The van der Waals surface area contributed by atoms with Crippen molar-refractivity contribution < 1.29 is 0 Å². The highest BCUT2D eigenvalue weighted by atomic mass is 15.3. The topological polar surface area (TPSA) is 44.6 Å². The van der Waals surface area contributed by atoms with Crippen LogP contribution in [-0.2, 0) is 0 Å². The number of nitrogens with zero attached hydrogens (tertiary/aromatic N) is 5. The fourth-order valence-corrected chi connectivity index (χ4v) is 9.88. The van der Waals surface area contributed by atoms with E-state index in [2.05, 4.69) is 218 Å². The third-order valence-corrected chi connectivity index (χ3v) is 12.2. The molecule has 1 aliphatic rings. The van der Waals surface area contributed by atoms with Gasteiger partial charge in [0.25, 0.3) is 0 Å². The van der Waals surface area contributed by atoms with Crippen LogP contribution in [0.5, 0.6) is 0 Å². The van der Waals surface area contributed by atoms with Crippen molar-refractivity contribution in [2.24, 2.45) is 0 Å². The number of pyridine rings is 1. The molecule has 6 heterocycles. The zero-order valence-electron chi connectivity index (χ0n) is 31.3. The summed E-state index contributed by atoms with van der Waals surface area (Å²) < 4.78 is 9.50. The van der Waals surface area contributed by atoms with E-state index >= 15 is 0 Å². The average Bonchev–Trinajstić information content (AvgIpc) is 4.01. The van der Waals surface area contributed by atoms with Crippen molar-refractivity contribution >= 4 is 93.0 Å². The van der Waals surface area contributed by atoms with Gasteiger partial charge < -0.3 is 9.88 Å². The lowest BCUT2D eigenvalue weighted by Gasteiger charge is -2.26. The molecule has 58 heavy (non-hydrogen) atoms. The first kappa shape index (κ1) is 31.4. The molecule has 0 amide bonds. The maximum absolute atomic E-state index is 5.46. The number of aromatic nitrogens is 5. The van der Waals surface area contributed by atoms with Gasteiger partial charge in [-0.05, 0) is 66.7 Å². The van der Waals surface area contributed by atoms with Gasteiger partial charge in [-0.2, -0.15) is 0 Å². The van der Waals surface area contributed by atoms with Crippen LogP contribution in [0.25, 0.3) is 105 Å². The van der Waals surface area contributed by atoms with E-state index in [0.29, 0.717) is 0 Å². The lowest BCUT2D eigenvalue weighted by Crippen LogP contribution is -2.28. The standard InChI is InChI=1S/C52H34N6/c1-7-21-40-33(15-1)34-16-2-8-22-41(34)55(40)47-27-13-29-49(53-47)57-45-26-12-6-20-39(45)51-46(57)32-31-38-37-19-5-11-25-44(37)58(52(38)51)50-30-14-28-48(54-50)56-42-23-9-3-17-35(42)36-18-4-10-24-43(36)56/h1-32,48,54H. The highest BCUT2D eigenvalue weighted by Crippen LogP contribution is 2.43. The maximum atomic E-state index is 5.46. The van der Waals surface area contributed by atoms with Gasteiger partial charge in [0.15, 0.2) is 0 Å². The molecule has 1 unspecified atom stereocenters. The van der Waals surface area contributed by atoms with E-state index in [0.717, 1.165) is 45.0 Å². The molecule has 0 saturated carbocycles. The van der Waals surface area contributed by atoms with Crippen molar-refractivity contribution in [3.05, 3.63) is 194 Å². The van der Waals surface area contributed by atoms with E-state index < -0.39 is 0 Å². The zero-order chi connectivity index (χ0) is 37.9. The van der Waals surface area contributed by atoms with Crippen LogP contribution in [0.2, 0.25) is 0 Å². The van der Waals surface area contributed by atoms with Crippen LogP contribution in [0.15, 0.2) is 194 Å². The van der Waals surface area contributed by atoms with E-state index in [9.17, 15) is 0 Å². The van der Waals surface area contributed by atoms with Crippen molar-refractivity contribution in [1.82, 2.24) is 28.6 Å². The second-order valence-corrected chi connectivity index (χ2v) is 15.2. The van der Waals surface area contributed by atoms with Crippen LogP contribution >= 0.6 is 0 Å². The normalized spacial score (nSPS) is 14.6. The summed E-state index contributed by atoms with van der Waals surface area (Å²) in [4.78, 5) is 5.46. The summed E-state index contributed by atoms with van der Waals surface area (Å²) >= 11 is 0. The Morgan fingerprint density at radius 1 is 0.379 bits per heavy atom. The number of hydrogen-bond acceptors (Lipinski definition) is 2. The van der Waals surface area contributed by atoms with Crippen molar-refractivity contribution in [2.75, 3.05) is 0 Å². The lowest BCUT2D eigenvalue weighted by molar-refractivity contribution is 0.577. The summed E-state index contributed by atoms with van der Waals surface area (Å²) in [7, 11) is 0. The Kier molecular flexibility index (Phi) is 6.41. The summed E-state index contributed by atoms with van der Waals surface area (Å²) in [5, 5.41) is 13.8. The average molecular weight is 743 g/mol. The van der Waals surface area contributed by atoms with Gasteiger partial charge in [0, 0.05) is 43.1 Å². The zero-order valence-corrected chi connectivity index (χ0v) is 31.3. The molecule has 1 atom stereocenters. The number of para-hydroxylation sites is 6. The molecule has 1 aliphatic heterocycles. The molecule has 0 saturated heterocycles. The molecule has 5 aromatic heterocycles. The molecule has 6 heteroatoms. The molecular weight excluding hydrogens is 709 g/mol. The first-order valence-electron chi connectivity index (χ1n) is 19.9. The second kappa shape index (κ2) is 11.8.